The summed E-state index contributed by atoms with van der Waals surface area (Å²) >= 11 is 0. The van der Waals surface area contributed by atoms with Crippen LogP contribution in [0.2, 0.25) is 0 Å². The summed E-state index contributed by atoms with van der Waals surface area (Å²) in [6.45, 7) is 2.31. The number of anilines is 2. The van der Waals surface area contributed by atoms with E-state index in [1.54, 1.807) is 0 Å². The van der Waals surface area contributed by atoms with E-state index in [4.69, 9.17) is 0 Å². The van der Waals surface area contributed by atoms with E-state index in [9.17, 15) is 10.2 Å². The maximum atomic E-state index is 9.42. The maximum absolute atomic E-state index is 9.42. The molecule has 0 radical (unpaired) electrons. The number of hydrogen-bond donors (Lipinski definition) is 2. The molecule has 1 aromatic heterocycles. The highest BCUT2D eigenvalue weighted by Gasteiger charge is 2.33. The Morgan fingerprint density at radius 1 is 0.512 bits per heavy atom. The van der Waals surface area contributed by atoms with Gasteiger partial charge in [-0.1, -0.05) is 60.7 Å². The van der Waals surface area contributed by atoms with Crippen molar-refractivity contribution in [3.8, 4) is 11.1 Å². The molecule has 0 aliphatic carbocycles. The van der Waals surface area contributed by atoms with Crippen molar-refractivity contribution in [1.82, 2.24) is 0 Å². The molecule has 0 atom stereocenters. The summed E-state index contributed by atoms with van der Waals surface area (Å²) in [6.07, 6.45) is 5.73. The lowest BCUT2D eigenvalue weighted by atomic mass is 9.85. The number of pyridine rings is 1. The monoisotopic (exact) mass is 541 g/mol. The smallest absolute Gasteiger partial charge is 0.215 e. The van der Waals surface area contributed by atoms with Crippen molar-refractivity contribution in [3.05, 3.63) is 91.0 Å². The number of fused-ring (bicyclic) bond motifs is 8. The van der Waals surface area contributed by atoms with Crippen molar-refractivity contribution in [3.63, 3.8) is 0 Å². The van der Waals surface area contributed by atoms with Gasteiger partial charge in [-0.2, -0.15) is 4.57 Å². The Morgan fingerprint density at radius 2 is 1.20 bits per heavy atom. The molecule has 6 aromatic rings. The molecular formula is C37H37N2O2+. The Balaban J connectivity index is 1.61. The van der Waals surface area contributed by atoms with E-state index in [1.807, 2.05) is 0 Å². The fourth-order valence-electron chi connectivity index (χ4n) is 6.96. The first-order valence-electron chi connectivity index (χ1n) is 15.1. The van der Waals surface area contributed by atoms with Crippen LogP contribution in [0.5, 0.6) is 0 Å². The Labute approximate surface area is 241 Å². The van der Waals surface area contributed by atoms with Crippen LogP contribution in [0.25, 0.3) is 54.5 Å². The predicted octanol–water partition coefficient (Wildman–Crippen LogP) is 8.03. The van der Waals surface area contributed by atoms with Gasteiger partial charge in [-0.3, -0.25) is 0 Å². The van der Waals surface area contributed by atoms with Crippen molar-refractivity contribution in [2.24, 2.45) is 0 Å². The number of aryl methyl sites for hydroxylation is 1. The molecule has 4 nitrogen and oxygen atoms in total. The zero-order valence-corrected chi connectivity index (χ0v) is 23.5. The molecule has 4 heteroatoms. The molecule has 2 N–H and O–H groups in total. The number of nitrogens with zero attached hydrogens (tertiary/aromatic N) is 2. The summed E-state index contributed by atoms with van der Waals surface area (Å²) in [7, 11) is 0. The molecule has 0 amide bonds. The van der Waals surface area contributed by atoms with Gasteiger partial charge in [0.25, 0.3) is 0 Å². The van der Waals surface area contributed by atoms with Crippen LogP contribution in [0.3, 0.4) is 0 Å². The molecule has 206 valence electrons. The molecule has 2 heterocycles. The van der Waals surface area contributed by atoms with Gasteiger partial charge in [-0.05, 0) is 71.8 Å². The first-order valence-corrected chi connectivity index (χ1v) is 15.1. The molecular weight excluding hydrogens is 504 g/mol. The fraction of sp³-hybridized carbons (Fsp3) is 0.270. The van der Waals surface area contributed by atoms with Crippen LogP contribution in [-0.2, 0) is 6.54 Å². The van der Waals surface area contributed by atoms with E-state index < -0.39 is 0 Å². The summed E-state index contributed by atoms with van der Waals surface area (Å²) in [6, 6.07) is 33.6. The van der Waals surface area contributed by atoms with Crippen molar-refractivity contribution in [1.29, 1.82) is 0 Å². The van der Waals surface area contributed by atoms with Crippen LogP contribution >= 0.6 is 0 Å². The molecule has 0 bridgehead atoms. The number of benzene rings is 5. The normalized spacial score (nSPS) is 12.6. The van der Waals surface area contributed by atoms with Gasteiger partial charge >= 0.3 is 0 Å². The summed E-state index contributed by atoms with van der Waals surface area (Å²) in [5.41, 5.74) is 7.73. The van der Waals surface area contributed by atoms with E-state index in [0.717, 1.165) is 51.6 Å². The molecule has 0 fully saturated rings. The van der Waals surface area contributed by atoms with Gasteiger partial charge in [0.1, 0.15) is 6.54 Å². The largest absolute Gasteiger partial charge is 0.396 e. The SMILES string of the molecule is OCCCCCN1c2ccc3ccccc3c2-c2c3c1cccc3[n+](CCCCCO)c1ccc3ccccc3c21. The highest BCUT2D eigenvalue weighted by atomic mass is 16.3. The van der Waals surface area contributed by atoms with Crippen molar-refractivity contribution < 1.29 is 14.8 Å². The van der Waals surface area contributed by atoms with E-state index in [-0.39, 0.29) is 13.2 Å². The van der Waals surface area contributed by atoms with Crippen LogP contribution in [0.1, 0.15) is 38.5 Å². The van der Waals surface area contributed by atoms with Gasteiger partial charge < -0.3 is 15.1 Å². The van der Waals surface area contributed by atoms with E-state index in [2.05, 4.69) is 100 Å². The fourth-order valence-corrected chi connectivity index (χ4v) is 6.96. The predicted molar refractivity (Wildman–Crippen MR) is 171 cm³/mol. The highest BCUT2D eigenvalue weighted by Crippen LogP contribution is 2.53. The van der Waals surface area contributed by atoms with Crippen LogP contribution in [-0.4, -0.2) is 30.0 Å². The van der Waals surface area contributed by atoms with Gasteiger partial charge in [0.15, 0.2) is 0 Å². The Morgan fingerprint density at radius 3 is 2.00 bits per heavy atom. The summed E-state index contributed by atoms with van der Waals surface area (Å²) in [4.78, 5) is 2.53. The third-order valence-electron chi connectivity index (χ3n) is 8.83. The molecule has 0 unspecified atom stereocenters. The number of aliphatic hydroxyl groups excluding tert-OH is 2. The summed E-state index contributed by atoms with van der Waals surface area (Å²) < 4.78 is 2.53. The second kappa shape index (κ2) is 11.1. The molecule has 0 saturated heterocycles. The number of aliphatic hydroxyl groups is 2. The van der Waals surface area contributed by atoms with Gasteiger partial charge in [0.2, 0.25) is 11.0 Å². The third-order valence-corrected chi connectivity index (χ3v) is 8.83. The second-order valence-electron chi connectivity index (χ2n) is 11.3. The van der Waals surface area contributed by atoms with E-state index in [1.165, 1.54) is 65.9 Å². The highest BCUT2D eigenvalue weighted by molar-refractivity contribution is 6.27. The molecule has 0 saturated carbocycles. The minimum Gasteiger partial charge on any atom is -0.396 e. The quantitative estimate of drug-likeness (QED) is 0.0799. The topological polar surface area (TPSA) is 47.6 Å². The van der Waals surface area contributed by atoms with Crippen LogP contribution in [0.4, 0.5) is 11.4 Å². The van der Waals surface area contributed by atoms with Crippen LogP contribution in [0.15, 0.2) is 91.0 Å². The van der Waals surface area contributed by atoms with Gasteiger partial charge in [-0.15, -0.1) is 0 Å². The number of hydrogen-bond acceptors (Lipinski definition) is 3. The number of unbranched alkanes of at least 4 members (excludes halogenated alkanes) is 4. The molecule has 41 heavy (non-hydrogen) atoms. The van der Waals surface area contributed by atoms with Crippen molar-refractivity contribution in [2.45, 2.75) is 45.1 Å². The average molecular weight is 542 g/mol. The lowest BCUT2D eigenvalue weighted by molar-refractivity contribution is -0.645. The van der Waals surface area contributed by atoms with Crippen molar-refractivity contribution >= 4 is 54.7 Å². The lowest BCUT2D eigenvalue weighted by Crippen LogP contribution is -2.37. The van der Waals surface area contributed by atoms with Gasteiger partial charge in [0.05, 0.1) is 16.5 Å². The molecule has 0 spiro atoms. The first kappa shape index (κ1) is 25.9. The maximum Gasteiger partial charge on any atom is 0.215 e. The third kappa shape index (κ3) is 4.34. The van der Waals surface area contributed by atoms with Crippen molar-refractivity contribution in [2.75, 3.05) is 24.7 Å². The molecule has 1 aliphatic heterocycles. The number of aromatic nitrogens is 1. The van der Waals surface area contributed by atoms with Crippen LogP contribution in [0, 0.1) is 0 Å². The molecule has 7 rings (SSSR count). The van der Waals surface area contributed by atoms with Crippen LogP contribution < -0.4 is 9.47 Å². The lowest BCUT2D eigenvalue weighted by Gasteiger charge is -2.34. The summed E-state index contributed by atoms with van der Waals surface area (Å²) in [5.74, 6) is 0. The standard InChI is InChI=1S/C37H37N2O2/c40-24-9-1-7-22-38-30-16-11-17-31-36(30)37(34-28-14-5-3-12-26(28)18-20-32(34)38)35-29-15-6-4-13-27(29)19-21-33(35)39(31)23-8-2-10-25-41/h3-6,11-21,40-41H,1-2,7-10,22-25H2/q+1. The zero-order valence-electron chi connectivity index (χ0n) is 23.5. The van der Waals surface area contributed by atoms with E-state index >= 15 is 0 Å². The Kier molecular flexibility index (Phi) is 7.03. The first-order chi connectivity index (χ1) is 20.3. The molecule has 5 aromatic carbocycles. The second-order valence-corrected chi connectivity index (χ2v) is 11.3. The number of rotatable bonds is 10. The van der Waals surface area contributed by atoms with E-state index in [0.29, 0.717) is 0 Å². The minimum absolute atomic E-state index is 0.245. The Hall–Kier alpha value is -3.99. The van der Waals surface area contributed by atoms with Gasteiger partial charge in [-0.25, -0.2) is 0 Å². The average Bonchev–Trinajstić information content (AvgIpc) is 3.02. The minimum atomic E-state index is 0.245. The Bertz CT molecular complexity index is 1890. The molecule has 1 aliphatic rings. The van der Waals surface area contributed by atoms with Gasteiger partial charge in [0, 0.05) is 55.1 Å². The summed E-state index contributed by atoms with van der Waals surface area (Å²) in [5, 5.41) is 26.6. The zero-order chi connectivity index (χ0) is 27.8.